The van der Waals surface area contributed by atoms with E-state index in [0.717, 1.165) is 34.7 Å². The van der Waals surface area contributed by atoms with Crippen LogP contribution in [-0.2, 0) is 0 Å². The van der Waals surface area contributed by atoms with Crippen LogP contribution in [0.3, 0.4) is 0 Å². The lowest BCUT2D eigenvalue weighted by Gasteiger charge is -2.18. The van der Waals surface area contributed by atoms with Crippen molar-refractivity contribution in [3.05, 3.63) is 65.2 Å². The molecule has 22 heavy (non-hydrogen) atoms. The minimum absolute atomic E-state index is 0.273. The van der Waals surface area contributed by atoms with Gasteiger partial charge in [0.05, 0.1) is 7.11 Å². The van der Waals surface area contributed by atoms with E-state index >= 15 is 0 Å². The summed E-state index contributed by atoms with van der Waals surface area (Å²) in [5, 5.41) is 9.00. The van der Waals surface area contributed by atoms with E-state index in [2.05, 4.69) is 48.3 Å². The van der Waals surface area contributed by atoms with Crippen molar-refractivity contribution in [2.24, 2.45) is 10.2 Å². The number of rotatable bonds is 3. The molecule has 1 atom stereocenters. The van der Waals surface area contributed by atoms with Gasteiger partial charge in [0.25, 0.3) is 0 Å². The molecule has 0 bridgehead atoms. The van der Waals surface area contributed by atoms with Crippen LogP contribution < -0.4 is 4.74 Å². The van der Waals surface area contributed by atoms with Gasteiger partial charge in [-0.3, -0.25) is 0 Å². The zero-order valence-electron chi connectivity index (χ0n) is 13.2. The average Bonchev–Trinajstić information content (AvgIpc) is 2.70. The predicted molar refractivity (Wildman–Crippen MR) is 91.2 cm³/mol. The van der Waals surface area contributed by atoms with E-state index in [0.29, 0.717) is 0 Å². The second-order valence-corrected chi connectivity index (χ2v) is 5.47. The van der Waals surface area contributed by atoms with Gasteiger partial charge in [-0.1, -0.05) is 37.3 Å². The summed E-state index contributed by atoms with van der Waals surface area (Å²) in [6, 6.07) is 16.4. The third kappa shape index (κ3) is 2.54. The molecule has 2 aromatic carbocycles. The first kappa shape index (κ1) is 14.5. The van der Waals surface area contributed by atoms with Gasteiger partial charge >= 0.3 is 0 Å². The Labute approximate surface area is 131 Å². The molecule has 0 aliphatic carbocycles. The number of hydrogen-bond acceptors (Lipinski definition) is 3. The Balaban J connectivity index is 2.22. The second-order valence-electron chi connectivity index (χ2n) is 5.47. The molecule has 0 saturated carbocycles. The van der Waals surface area contributed by atoms with Crippen molar-refractivity contribution in [1.29, 1.82) is 0 Å². The molecule has 0 fully saturated rings. The first-order valence-electron chi connectivity index (χ1n) is 7.60. The zero-order chi connectivity index (χ0) is 15.5. The summed E-state index contributed by atoms with van der Waals surface area (Å²) in [6.07, 6.45) is 0.993. The number of hydrogen-bond donors (Lipinski definition) is 0. The van der Waals surface area contributed by atoms with Gasteiger partial charge in [0.15, 0.2) is 0 Å². The first-order chi connectivity index (χ1) is 10.7. The highest BCUT2D eigenvalue weighted by Crippen LogP contribution is 2.32. The highest BCUT2D eigenvalue weighted by atomic mass is 16.5. The molecule has 112 valence electrons. The SMILES string of the molecule is CCC1C(C)=NN=C(c2ccccc2)c2ccc(OC)cc21. The third-order valence-electron chi connectivity index (χ3n) is 4.16. The lowest BCUT2D eigenvalue weighted by atomic mass is 9.86. The molecule has 0 N–H and O–H groups in total. The van der Waals surface area contributed by atoms with Crippen LogP contribution in [0, 0.1) is 0 Å². The van der Waals surface area contributed by atoms with Crippen LogP contribution in [0.4, 0.5) is 0 Å². The maximum atomic E-state index is 5.41. The first-order valence-corrected chi connectivity index (χ1v) is 7.60. The summed E-state index contributed by atoms with van der Waals surface area (Å²) in [6.45, 7) is 4.23. The molecule has 0 aromatic heterocycles. The topological polar surface area (TPSA) is 34.0 Å². The number of benzene rings is 2. The maximum absolute atomic E-state index is 5.41. The number of methoxy groups -OCH3 is 1. The fraction of sp³-hybridized carbons (Fsp3) is 0.263. The van der Waals surface area contributed by atoms with Crippen LogP contribution in [0.1, 0.15) is 42.9 Å². The van der Waals surface area contributed by atoms with Crippen LogP contribution >= 0.6 is 0 Å². The molecule has 1 aliphatic rings. The lowest BCUT2D eigenvalue weighted by Crippen LogP contribution is -2.12. The van der Waals surface area contributed by atoms with E-state index in [1.54, 1.807) is 7.11 Å². The molecule has 3 rings (SSSR count). The zero-order valence-corrected chi connectivity index (χ0v) is 13.2. The van der Waals surface area contributed by atoms with Gasteiger partial charge in [-0.2, -0.15) is 5.10 Å². The molecule has 2 aromatic rings. The van der Waals surface area contributed by atoms with Crippen molar-refractivity contribution in [1.82, 2.24) is 0 Å². The van der Waals surface area contributed by atoms with Crippen molar-refractivity contribution in [3.8, 4) is 5.75 Å². The molecule has 0 spiro atoms. The van der Waals surface area contributed by atoms with Crippen molar-refractivity contribution >= 4 is 11.4 Å². The highest BCUT2D eigenvalue weighted by Gasteiger charge is 2.23. The molecular weight excluding hydrogens is 272 g/mol. The molecule has 3 nitrogen and oxygen atoms in total. The van der Waals surface area contributed by atoms with Crippen LogP contribution in [0.25, 0.3) is 0 Å². The van der Waals surface area contributed by atoms with E-state index in [1.807, 2.05) is 24.3 Å². The van der Waals surface area contributed by atoms with E-state index < -0.39 is 0 Å². The second kappa shape index (κ2) is 6.14. The van der Waals surface area contributed by atoms with Gasteiger partial charge in [-0.05, 0) is 37.1 Å². The minimum Gasteiger partial charge on any atom is -0.497 e. The standard InChI is InChI=1S/C19H20N2O/c1-4-16-13(2)20-21-19(14-8-6-5-7-9-14)17-11-10-15(22-3)12-18(16)17/h5-12,16H,4H2,1-3H3. The normalized spacial score (nSPS) is 17.1. The Morgan fingerprint density at radius 3 is 2.50 bits per heavy atom. The summed E-state index contributed by atoms with van der Waals surface area (Å²) in [4.78, 5) is 0. The Bertz CT molecular complexity index is 732. The van der Waals surface area contributed by atoms with Gasteiger partial charge in [-0.15, -0.1) is 5.10 Å². The molecule has 0 radical (unpaired) electrons. The Hall–Kier alpha value is -2.42. The number of fused-ring (bicyclic) bond motifs is 1. The van der Waals surface area contributed by atoms with Gasteiger partial charge < -0.3 is 4.74 Å². The van der Waals surface area contributed by atoms with Crippen molar-refractivity contribution in [3.63, 3.8) is 0 Å². The van der Waals surface area contributed by atoms with E-state index in [4.69, 9.17) is 4.74 Å². The van der Waals surface area contributed by atoms with Crippen LogP contribution in [-0.4, -0.2) is 18.5 Å². The Kier molecular flexibility index (Phi) is 4.05. The summed E-state index contributed by atoms with van der Waals surface area (Å²) in [5.74, 6) is 1.15. The van der Waals surface area contributed by atoms with E-state index in [-0.39, 0.29) is 5.92 Å². The molecular formula is C19H20N2O. The van der Waals surface area contributed by atoms with Crippen LogP contribution in [0.15, 0.2) is 58.7 Å². The maximum Gasteiger partial charge on any atom is 0.119 e. The average molecular weight is 292 g/mol. The summed E-state index contributed by atoms with van der Waals surface area (Å²) < 4.78 is 5.41. The Morgan fingerprint density at radius 2 is 1.82 bits per heavy atom. The predicted octanol–water partition coefficient (Wildman–Crippen LogP) is 4.42. The summed E-state index contributed by atoms with van der Waals surface area (Å²) >= 11 is 0. The molecule has 1 heterocycles. The summed E-state index contributed by atoms with van der Waals surface area (Å²) in [5.41, 5.74) is 5.43. The largest absolute Gasteiger partial charge is 0.497 e. The molecule has 1 aliphatic heterocycles. The van der Waals surface area contributed by atoms with Crippen molar-refractivity contribution < 1.29 is 4.74 Å². The van der Waals surface area contributed by atoms with Crippen LogP contribution in [0.5, 0.6) is 5.75 Å². The third-order valence-corrected chi connectivity index (χ3v) is 4.16. The smallest absolute Gasteiger partial charge is 0.119 e. The van der Waals surface area contributed by atoms with Crippen molar-refractivity contribution in [2.45, 2.75) is 26.2 Å². The Morgan fingerprint density at radius 1 is 1.05 bits per heavy atom. The van der Waals surface area contributed by atoms with Gasteiger partial charge in [0.2, 0.25) is 0 Å². The van der Waals surface area contributed by atoms with Crippen LogP contribution in [0.2, 0.25) is 0 Å². The molecule has 3 heteroatoms. The molecule has 0 amide bonds. The lowest BCUT2D eigenvalue weighted by molar-refractivity contribution is 0.414. The minimum atomic E-state index is 0.273. The number of nitrogens with zero attached hydrogens (tertiary/aromatic N) is 2. The highest BCUT2D eigenvalue weighted by molar-refractivity contribution is 6.15. The fourth-order valence-corrected chi connectivity index (χ4v) is 2.97. The van der Waals surface area contributed by atoms with E-state index in [9.17, 15) is 0 Å². The molecule has 0 saturated heterocycles. The fourth-order valence-electron chi connectivity index (χ4n) is 2.97. The molecule has 1 unspecified atom stereocenters. The van der Waals surface area contributed by atoms with E-state index in [1.165, 1.54) is 5.56 Å². The summed E-state index contributed by atoms with van der Waals surface area (Å²) in [7, 11) is 1.70. The number of ether oxygens (including phenoxy) is 1. The van der Waals surface area contributed by atoms with Crippen molar-refractivity contribution in [2.75, 3.05) is 7.11 Å². The van der Waals surface area contributed by atoms with Gasteiger partial charge in [0.1, 0.15) is 11.5 Å². The monoisotopic (exact) mass is 292 g/mol. The van der Waals surface area contributed by atoms with Gasteiger partial charge in [-0.25, -0.2) is 0 Å². The van der Waals surface area contributed by atoms with Gasteiger partial charge in [0, 0.05) is 22.8 Å². The quantitative estimate of drug-likeness (QED) is 0.824.